The van der Waals surface area contributed by atoms with E-state index in [0.717, 1.165) is 12.1 Å². The SMILES string of the molecule is Nc1c(N=Nc2cc(S(=O)(=O)O)ccc2S(=O)(=O)O)c(S(=O)(=O)O)cc2cc(S(=O)(=O)O)c(N=Nc3cc(Nc4nc(F)nc(F)c4Cl)ccc3S(=O)(=O)O)c(O)c12. The highest BCUT2D eigenvalue weighted by molar-refractivity contribution is 7.87. The average Bonchev–Trinajstić information content (AvgIpc) is 3.07. The molecule has 32 heteroatoms. The summed E-state index contributed by atoms with van der Waals surface area (Å²) in [4.78, 5) is 0.0142. The molecule has 0 spiro atoms. The van der Waals surface area contributed by atoms with Crippen LogP contribution >= 0.6 is 11.6 Å². The number of hydrogen-bond donors (Lipinski definition) is 8. The molecule has 24 nitrogen and oxygen atoms in total. The summed E-state index contributed by atoms with van der Waals surface area (Å²) >= 11 is 5.73. The number of aromatic nitrogens is 2. The van der Waals surface area contributed by atoms with Gasteiger partial charge >= 0.3 is 6.08 Å². The number of anilines is 3. The number of fused-ring (bicyclic) bond motifs is 1. The fourth-order valence-electron chi connectivity index (χ4n) is 4.77. The third-order valence-electron chi connectivity index (χ3n) is 7.17. The first-order chi connectivity index (χ1) is 26.5. The number of nitrogens with one attached hydrogen (secondary N) is 1. The lowest BCUT2D eigenvalue weighted by atomic mass is 10.1. The molecule has 0 amide bonds. The summed E-state index contributed by atoms with van der Waals surface area (Å²) in [5.41, 5.74) is 0.223. The van der Waals surface area contributed by atoms with Crippen molar-refractivity contribution in [2.24, 2.45) is 20.5 Å². The second kappa shape index (κ2) is 15.0. The summed E-state index contributed by atoms with van der Waals surface area (Å²) in [6, 6.07) is 4.41. The van der Waals surface area contributed by atoms with Crippen molar-refractivity contribution in [3.05, 3.63) is 65.6 Å². The van der Waals surface area contributed by atoms with Crippen molar-refractivity contribution in [2.75, 3.05) is 11.1 Å². The molecule has 0 radical (unpaired) electrons. The van der Waals surface area contributed by atoms with E-state index in [4.69, 9.17) is 17.3 Å². The molecule has 9 N–H and O–H groups in total. The fourth-order valence-corrected chi connectivity index (χ4v) is 7.94. The number of phenolic OH excluding ortho intramolecular Hbond substituents is 1. The first-order valence-electron chi connectivity index (χ1n) is 14.2. The van der Waals surface area contributed by atoms with E-state index in [-0.39, 0.29) is 5.69 Å². The Morgan fingerprint density at radius 3 is 1.62 bits per heavy atom. The minimum atomic E-state index is -5.54. The largest absolute Gasteiger partial charge is 0.505 e. The van der Waals surface area contributed by atoms with E-state index in [1.807, 2.05) is 0 Å². The lowest BCUT2D eigenvalue weighted by Gasteiger charge is -2.14. The zero-order valence-corrected chi connectivity index (χ0v) is 32.2. The maximum absolute atomic E-state index is 13.9. The number of aromatic hydroxyl groups is 1. The molecule has 1 heterocycles. The molecule has 4 aromatic carbocycles. The van der Waals surface area contributed by atoms with Crippen LogP contribution in [0.3, 0.4) is 0 Å². The van der Waals surface area contributed by atoms with E-state index in [0.29, 0.717) is 36.4 Å². The molecule has 1 aromatic heterocycles. The van der Waals surface area contributed by atoms with Crippen LogP contribution in [0.5, 0.6) is 5.75 Å². The molecule has 0 aliphatic carbocycles. The minimum Gasteiger partial charge on any atom is -0.505 e. The first kappa shape index (κ1) is 43.6. The zero-order chi connectivity index (χ0) is 43.5. The quantitative estimate of drug-likeness (QED) is 0.0293. The molecular weight excluding hydrogens is 914 g/mol. The molecule has 0 unspecified atom stereocenters. The highest BCUT2D eigenvalue weighted by Gasteiger charge is 2.29. The van der Waals surface area contributed by atoms with Crippen LogP contribution in [0, 0.1) is 12.0 Å². The van der Waals surface area contributed by atoms with Gasteiger partial charge < -0.3 is 16.2 Å². The summed E-state index contributed by atoms with van der Waals surface area (Å²) in [5, 5.41) is 25.0. The molecule has 308 valence electrons. The van der Waals surface area contributed by atoms with E-state index in [1.165, 1.54) is 0 Å². The predicted molar refractivity (Wildman–Crippen MR) is 191 cm³/mol. The van der Waals surface area contributed by atoms with Crippen molar-refractivity contribution >= 4 is 113 Å². The standard InChI is InChI=1S/C26H17ClF2N8O16S5/c27-19-24(28)32-26(29)33-25(19)31-10-1-3-14(55(42,43)44)12(7-10)34-37-22-17(58(51,52)53)6-9-5-16(57(48,49)50)21(20(30)18(9)23(22)38)36-35-13-8-11(54(39,40)41)2-4-15(13)56(45,46)47/h1-8,38H,30H2,(H,31,32,33)(H,39,40,41)(H,42,43,44)(H,45,46,47)(H,48,49,50)(H,51,52,53). The Hall–Kier alpha value is -5.48. The van der Waals surface area contributed by atoms with Crippen LogP contribution in [0.2, 0.25) is 5.02 Å². The number of hydrogen-bond acceptors (Lipinski definition) is 19. The summed E-state index contributed by atoms with van der Waals surface area (Å²) in [7, 11) is -26.6. The number of nitrogen functional groups attached to an aromatic ring is 1. The molecule has 5 aromatic rings. The van der Waals surface area contributed by atoms with Crippen LogP contribution in [0.25, 0.3) is 10.8 Å². The van der Waals surface area contributed by atoms with Crippen LogP contribution in [0.4, 0.5) is 48.7 Å². The van der Waals surface area contributed by atoms with Crippen LogP contribution in [-0.2, 0) is 50.6 Å². The number of halogens is 3. The Bertz CT molecular complexity index is 3250. The van der Waals surface area contributed by atoms with Crippen LogP contribution < -0.4 is 11.1 Å². The first-order valence-corrected chi connectivity index (χ1v) is 21.8. The van der Waals surface area contributed by atoms with Gasteiger partial charge in [0, 0.05) is 5.69 Å². The molecule has 0 saturated carbocycles. The molecule has 0 aliphatic rings. The van der Waals surface area contributed by atoms with E-state index in [2.05, 4.69) is 35.7 Å². The van der Waals surface area contributed by atoms with Gasteiger partial charge in [0.1, 0.15) is 47.4 Å². The molecular formula is C26H17ClF2N8O16S5. The van der Waals surface area contributed by atoms with Gasteiger partial charge in [-0.25, -0.2) is 0 Å². The van der Waals surface area contributed by atoms with E-state index in [9.17, 15) is 78.7 Å². The van der Waals surface area contributed by atoms with Crippen molar-refractivity contribution in [3.63, 3.8) is 0 Å². The monoisotopic (exact) mass is 930 g/mol. The topological polar surface area (TPSA) is 405 Å². The van der Waals surface area contributed by atoms with Crippen molar-refractivity contribution in [1.29, 1.82) is 0 Å². The third kappa shape index (κ3) is 9.12. The Morgan fingerprint density at radius 2 is 1.10 bits per heavy atom. The van der Waals surface area contributed by atoms with Gasteiger partial charge in [-0.05, 0) is 53.9 Å². The van der Waals surface area contributed by atoms with Crippen LogP contribution in [0.15, 0.2) is 93.5 Å². The Labute approximate surface area is 327 Å². The van der Waals surface area contributed by atoms with Crippen LogP contribution in [0.1, 0.15) is 0 Å². The predicted octanol–water partition coefficient (Wildman–Crippen LogP) is 4.66. The second-order valence-electron chi connectivity index (χ2n) is 11.0. The number of nitrogens with zero attached hydrogens (tertiary/aromatic N) is 6. The van der Waals surface area contributed by atoms with E-state index >= 15 is 0 Å². The highest BCUT2D eigenvalue weighted by atomic mass is 35.5. The third-order valence-corrected chi connectivity index (χ3v) is 11.9. The maximum atomic E-state index is 13.9. The van der Waals surface area contributed by atoms with Crippen molar-refractivity contribution < 1.29 is 78.7 Å². The van der Waals surface area contributed by atoms with Gasteiger partial charge in [-0.3, -0.25) is 22.8 Å². The summed E-state index contributed by atoms with van der Waals surface area (Å²) in [5.74, 6) is -3.64. The number of azo groups is 2. The number of benzene rings is 4. The normalized spacial score (nSPS) is 13.2. The molecule has 58 heavy (non-hydrogen) atoms. The Morgan fingerprint density at radius 1 is 0.621 bits per heavy atom. The Balaban J connectivity index is 1.78. The van der Waals surface area contributed by atoms with Crippen molar-refractivity contribution in [2.45, 2.75) is 24.5 Å². The molecule has 0 atom stereocenters. The number of phenols is 1. The summed E-state index contributed by atoms with van der Waals surface area (Å²) in [6.07, 6.45) is -1.59. The van der Waals surface area contributed by atoms with Gasteiger partial charge in [-0.15, -0.1) is 20.5 Å². The molecule has 0 aliphatic heterocycles. The zero-order valence-electron chi connectivity index (χ0n) is 27.3. The van der Waals surface area contributed by atoms with Crippen molar-refractivity contribution in [3.8, 4) is 5.75 Å². The maximum Gasteiger partial charge on any atom is 0.313 e. The lowest BCUT2D eigenvalue weighted by Crippen LogP contribution is -2.04. The minimum absolute atomic E-state index is 0.324. The van der Waals surface area contributed by atoms with Gasteiger partial charge in [0.05, 0.1) is 16.0 Å². The summed E-state index contributed by atoms with van der Waals surface area (Å²) < 4.78 is 198. The number of rotatable bonds is 11. The van der Waals surface area contributed by atoms with Crippen molar-refractivity contribution in [1.82, 2.24) is 9.97 Å². The average molecular weight is 931 g/mol. The van der Waals surface area contributed by atoms with E-state index in [1.54, 1.807) is 0 Å². The van der Waals surface area contributed by atoms with Gasteiger partial charge in [0.15, 0.2) is 11.6 Å². The fraction of sp³-hybridized carbons (Fsp3) is 0. The molecule has 0 saturated heterocycles. The van der Waals surface area contributed by atoms with Gasteiger partial charge in [-0.2, -0.15) is 60.8 Å². The smallest absolute Gasteiger partial charge is 0.313 e. The van der Waals surface area contributed by atoms with Gasteiger partial charge in [0.2, 0.25) is 5.95 Å². The summed E-state index contributed by atoms with van der Waals surface area (Å²) in [6.45, 7) is 0. The number of nitrogens with two attached hydrogens (primary N) is 1. The van der Waals surface area contributed by atoms with Gasteiger partial charge in [-0.1, -0.05) is 11.6 Å². The lowest BCUT2D eigenvalue weighted by molar-refractivity contribution is 0.472. The van der Waals surface area contributed by atoms with E-state index < -0.39 is 143 Å². The van der Waals surface area contributed by atoms with Crippen LogP contribution in [-0.4, -0.2) is 79.9 Å². The Kier molecular flexibility index (Phi) is 11.3. The molecule has 0 bridgehead atoms. The molecule has 5 rings (SSSR count). The molecule has 0 fully saturated rings. The second-order valence-corrected chi connectivity index (χ2v) is 18.3. The van der Waals surface area contributed by atoms with Gasteiger partial charge in [0.25, 0.3) is 50.6 Å². The highest BCUT2D eigenvalue weighted by Crippen LogP contribution is 2.49.